The summed E-state index contributed by atoms with van der Waals surface area (Å²) in [6.07, 6.45) is 3.78. The summed E-state index contributed by atoms with van der Waals surface area (Å²) in [4.78, 5) is 15.1. The molecule has 3 nitrogen and oxygen atoms in total. The summed E-state index contributed by atoms with van der Waals surface area (Å²) in [6, 6.07) is 6.68. The molecule has 0 spiro atoms. The number of amides is 1. The highest BCUT2D eigenvalue weighted by Crippen LogP contribution is 2.49. The molecule has 0 aromatic heterocycles. The van der Waals surface area contributed by atoms with Crippen molar-refractivity contribution in [2.24, 2.45) is 11.8 Å². The van der Waals surface area contributed by atoms with Gasteiger partial charge in [-0.3, -0.25) is 4.79 Å². The third kappa shape index (κ3) is 3.80. The monoisotopic (exact) mass is 332 g/mol. The maximum Gasteiger partial charge on any atom is 0.230 e. The maximum atomic E-state index is 14.0. The van der Waals surface area contributed by atoms with E-state index in [-0.39, 0.29) is 11.7 Å². The molecule has 2 aliphatic rings. The Morgan fingerprint density at radius 2 is 1.92 bits per heavy atom. The number of benzene rings is 1. The molecule has 1 aromatic rings. The Morgan fingerprint density at radius 3 is 2.54 bits per heavy atom. The van der Waals surface area contributed by atoms with Gasteiger partial charge in [0, 0.05) is 25.2 Å². The second kappa shape index (κ2) is 7.22. The highest BCUT2D eigenvalue weighted by Gasteiger charge is 2.52. The average Bonchev–Trinajstić information content (AvgIpc) is 3.32. The van der Waals surface area contributed by atoms with Crippen LogP contribution < -0.4 is 5.32 Å². The molecule has 132 valence electrons. The summed E-state index contributed by atoms with van der Waals surface area (Å²) in [6.45, 7) is 8.66. The Kier molecular flexibility index (Phi) is 5.24. The van der Waals surface area contributed by atoms with E-state index in [1.807, 2.05) is 6.07 Å². The average molecular weight is 332 g/mol. The molecule has 2 unspecified atom stereocenters. The first-order valence-electron chi connectivity index (χ1n) is 9.27. The number of carbonyl (C=O) groups is 1. The molecule has 2 atom stereocenters. The van der Waals surface area contributed by atoms with Gasteiger partial charge in [0.05, 0.1) is 5.41 Å². The Balaban J connectivity index is 1.46. The van der Waals surface area contributed by atoms with Gasteiger partial charge in [-0.1, -0.05) is 32.0 Å². The number of likely N-dealkylation sites (tertiary alicyclic amines) is 1. The molecule has 1 heterocycles. The van der Waals surface area contributed by atoms with Crippen LogP contribution in [0.5, 0.6) is 0 Å². The first kappa shape index (κ1) is 17.4. The maximum absolute atomic E-state index is 14.0. The lowest BCUT2D eigenvalue weighted by molar-refractivity contribution is -0.123. The van der Waals surface area contributed by atoms with Crippen LogP contribution in [0.4, 0.5) is 4.39 Å². The molecule has 0 radical (unpaired) electrons. The van der Waals surface area contributed by atoms with E-state index in [4.69, 9.17) is 0 Å². The van der Waals surface area contributed by atoms with Gasteiger partial charge in [-0.05, 0) is 50.1 Å². The predicted octanol–water partition coefficient (Wildman–Crippen LogP) is 3.34. The predicted molar refractivity (Wildman–Crippen MR) is 94.3 cm³/mol. The molecule has 1 amide bonds. The Morgan fingerprint density at radius 1 is 1.25 bits per heavy atom. The molecule has 0 bridgehead atoms. The van der Waals surface area contributed by atoms with E-state index in [9.17, 15) is 9.18 Å². The second-order valence-electron chi connectivity index (χ2n) is 7.88. The molecule has 4 heteroatoms. The molecule has 1 saturated heterocycles. The SMILES string of the molecule is CC1CC(C)CN(CCCNC(=O)C2(c3ccccc3F)CC2)C1. The largest absolute Gasteiger partial charge is 0.355 e. The summed E-state index contributed by atoms with van der Waals surface area (Å²) < 4.78 is 14.0. The molecular formula is C20H29FN2O. The van der Waals surface area contributed by atoms with Crippen LogP contribution in [0.2, 0.25) is 0 Å². The minimum Gasteiger partial charge on any atom is -0.355 e. The van der Waals surface area contributed by atoms with E-state index in [1.54, 1.807) is 12.1 Å². The van der Waals surface area contributed by atoms with E-state index in [2.05, 4.69) is 24.1 Å². The number of hydrogen-bond acceptors (Lipinski definition) is 2. The molecule has 1 aromatic carbocycles. The fraction of sp³-hybridized carbons (Fsp3) is 0.650. The van der Waals surface area contributed by atoms with E-state index in [1.165, 1.54) is 12.5 Å². The lowest BCUT2D eigenvalue weighted by atomic mass is 9.92. The quantitative estimate of drug-likeness (QED) is 0.810. The van der Waals surface area contributed by atoms with Crippen molar-refractivity contribution in [1.82, 2.24) is 10.2 Å². The number of nitrogens with one attached hydrogen (secondary N) is 1. The van der Waals surface area contributed by atoms with Gasteiger partial charge in [0.25, 0.3) is 0 Å². The fourth-order valence-corrected chi connectivity index (χ4v) is 4.24. The molecule has 24 heavy (non-hydrogen) atoms. The van der Waals surface area contributed by atoms with Crippen LogP contribution in [-0.4, -0.2) is 37.0 Å². The molecular weight excluding hydrogens is 303 g/mol. The first-order valence-corrected chi connectivity index (χ1v) is 9.27. The zero-order valence-corrected chi connectivity index (χ0v) is 14.9. The fourth-order valence-electron chi connectivity index (χ4n) is 4.24. The van der Waals surface area contributed by atoms with Crippen molar-refractivity contribution < 1.29 is 9.18 Å². The van der Waals surface area contributed by atoms with Crippen LogP contribution in [0.1, 0.15) is 45.1 Å². The third-order valence-electron chi connectivity index (χ3n) is 5.46. The molecule has 1 N–H and O–H groups in total. The Hall–Kier alpha value is -1.42. The van der Waals surface area contributed by atoms with E-state index in [0.717, 1.165) is 50.7 Å². The lowest BCUT2D eigenvalue weighted by Crippen LogP contribution is -2.41. The normalized spacial score (nSPS) is 26.1. The minimum atomic E-state index is -0.612. The topological polar surface area (TPSA) is 32.3 Å². The van der Waals surface area contributed by atoms with E-state index >= 15 is 0 Å². The number of halogens is 1. The number of rotatable bonds is 6. The summed E-state index contributed by atoms with van der Waals surface area (Å²) in [5.41, 5.74) is -0.0550. The van der Waals surface area contributed by atoms with Gasteiger partial charge < -0.3 is 10.2 Å². The Bertz CT molecular complexity index is 575. The van der Waals surface area contributed by atoms with Crippen LogP contribution in [0.15, 0.2) is 24.3 Å². The van der Waals surface area contributed by atoms with Crippen molar-refractivity contribution >= 4 is 5.91 Å². The molecule has 1 aliphatic heterocycles. The number of piperidine rings is 1. The smallest absolute Gasteiger partial charge is 0.230 e. The van der Waals surface area contributed by atoms with E-state index < -0.39 is 5.41 Å². The number of hydrogen-bond donors (Lipinski definition) is 1. The molecule has 3 rings (SSSR count). The minimum absolute atomic E-state index is 0.00650. The van der Waals surface area contributed by atoms with Gasteiger partial charge in [-0.2, -0.15) is 0 Å². The molecule has 2 fully saturated rings. The van der Waals surface area contributed by atoms with Gasteiger partial charge in [-0.15, -0.1) is 0 Å². The summed E-state index contributed by atoms with van der Waals surface area (Å²) in [5, 5.41) is 3.04. The highest BCUT2D eigenvalue weighted by atomic mass is 19.1. The summed E-state index contributed by atoms with van der Waals surface area (Å²) in [5.74, 6) is 1.26. The van der Waals surface area contributed by atoms with Crippen molar-refractivity contribution in [3.8, 4) is 0 Å². The van der Waals surface area contributed by atoms with Crippen molar-refractivity contribution in [2.45, 2.75) is 44.9 Å². The third-order valence-corrected chi connectivity index (χ3v) is 5.46. The van der Waals surface area contributed by atoms with Crippen molar-refractivity contribution in [1.29, 1.82) is 0 Å². The van der Waals surface area contributed by atoms with Crippen molar-refractivity contribution in [3.05, 3.63) is 35.6 Å². The highest BCUT2D eigenvalue weighted by molar-refractivity contribution is 5.91. The number of carbonyl (C=O) groups excluding carboxylic acids is 1. The van der Waals surface area contributed by atoms with Crippen LogP contribution in [-0.2, 0) is 10.2 Å². The standard InChI is InChI=1S/C20H29FN2O/c1-15-12-16(2)14-23(13-15)11-5-10-22-19(24)20(8-9-20)17-6-3-4-7-18(17)21/h3-4,6-7,15-16H,5,8-14H2,1-2H3,(H,22,24). The van der Waals surface area contributed by atoms with Crippen LogP contribution in [0.25, 0.3) is 0 Å². The van der Waals surface area contributed by atoms with Crippen LogP contribution in [0.3, 0.4) is 0 Å². The zero-order chi connectivity index (χ0) is 17.2. The van der Waals surface area contributed by atoms with Crippen LogP contribution >= 0.6 is 0 Å². The summed E-state index contributed by atoms with van der Waals surface area (Å²) in [7, 11) is 0. The van der Waals surface area contributed by atoms with Gasteiger partial charge in [0.15, 0.2) is 0 Å². The first-order chi connectivity index (χ1) is 11.5. The molecule has 1 aliphatic carbocycles. The van der Waals surface area contributed by atoms with Gasteiger partial charge >= 0.3 is 0 Å². The van der Waals surface area contributed by atoms with E-state index in [0.29, 0.717) is 12.1 Å². The van der Waals surface area contributed by atoms with Gasteiger partial charge in [-0.25, -0.2) is 4.39 Å². The summed E-state index contributed by atoms with van der Waals surface area (Å²) >= 11 is 0. The zero-order valence-electron chi connectivity index (χ0n) is 14.9. The Labute approximate surface area is 144 Å². The van der Waals surface area contributed by atoms with Crippen LogP contribution in [0, 0.1) is 17.7 Å². The molecule has 1 saturated carbocycles. The van der Waals surface area contributed by atoms with Crippen molar-refractivity contribution in [2.75, 3.05) is 26.2 Å². The lowest BCUT2D eigenvalue weighted by Gasteiger charge is -2.35. The van der Waals surface area contributed by atoms with Gasteiger partial charge in [0.1, 0.15) is 5.82 Å². The van der Waals surface area contributed by atoms with Crippen molar-refractivity contribution in [3.63, 3.8) is 0 Å². The van der Waals surface area contributed by atoms with Gasteiger partial charge in [0.2, 0.25) is 5.91 Å². The number of nitrogens with zero attached hydrogens (tertiary/aromatic N) is 1. The second-order valence-corrected chi connectivity index (χ2v) is 7.88.